The fourth-order valence-corrected chi connectivity index (χ4v) is 8.97. The zero-order valence-electron chi connectivity index (χ0n) is 25.2. The summed E-state index contributed by atoms with van der Waals surface area (Å²) >= 11 is 20.7. The highest BCUT2D eigenvalue weighted by Gasteiger charge is 2.77. The van der Waals surface area contributed by atoms with Crippen LogP contribution in [0.5, 0.6) is 5.75 Å². The van der Waals surface area contributed by atoms with Crippen LogP contribution in [0.1, 0.15) is 41.6 Å². The molecule has 0 bridgehead atoms. The lowest BCUT2D eigenvalue weighted by molar-refractivity contribution is -0.125. The zero-order chi connectivity index (χ0) is 36.4. The molecule has 0 unspecified atom stereocenters. The summed E-state index contributed by atoms with van der Waals surface area (Å²) in [6.07, 6.45) is 0.748. The Bertz CT molecular complexity index is 2120. The van der Waals surface area contributed by atoms with Crippen molar-refractivity contribution < 1.29 is 51.0 Å². The average Bonchev–Trinajstić information content (AvgIpc) is 3.41. The quantitative estimate of drug-likeness (QED) is 0.0603. The summed E-state index contributed by atoms with van der Waals surface area (Å²) in [7, 11) is 0. The van der Waals surface area contributed by atoms with Crippen molar-refractivity contribution in [2.45, 2.75) is 35.4 Å². The highest BCUT2D eigenvalue weighted by atomic mass is 35.5. The van der Waals surface area contributed by atoms with Crippen molar-refractivity contribution >= 4 is 75.6 Å². The van der Waals surface area contributed by atoms with Gasteiger partial charge < -0.3 is 5.11 Å². The topological polar surface area (TPSA) is 112 Å². The Hall–Kier alpha value is -4.33. The average molecular weight is 754 g/mol. The highest BCUT2D eigenvalue weighted by Crippen LogP contribution is 2.66. The molecule has 0 spiro atoms. The first-order valence-electron chi connectivity index (χ1n) is 14.9. The number of fused-ring (bicyclic) bond motifs is 4. The number of rotatable bonds is 4. The van der Waals surface area contributed by atoms with Gasteiger partial charge in [-0.15, -0.1) is 23.2 Å². The second-order valence-electron chi connectivity index (χ2n) is 12.5. The summed E-state index contributed by atoms with van der Waals surface area (Å²) in [5.41, 5.74) is -1.27. The number of Topliss-reactive ketones (excluding diaryl/α,β-unsaturated/α-hetero) is 1. The Morgan fingerprint density at radius 3 is 2.00 bits per heavy atom. The van der Waals surface area contributed by atoms with Gasteiger partial charge in [-0.25, -0.2) is 26.9 Å². The molecule has 1 saturated carbocycles. The van der Waals surface area contributed by atoms with Crippen molar-refractivity contribution in [3.8, 4) is 5.75 Å². The fourth-order valence-electron chi connectivity index (χ4n) is 7.76. The first-order valence-corrected chi connectivity index (χ1v) is 16.1. The largest absolute Gasteiger partial charge is 0.508 e. The molecule has 2 heterocycles. The number of amides is 4. The monoisotopic (exact) mass is 752 g/mol. The van der Waals surface area contributed by atoms with Gasteiger partial charge in [0, 0.05) is 16.5 Å². The third-order valence-corrected chi connectivity index (χ3v) is 11.8. The van der Waals surface area contributed by atoms with E-state index in [1.807, 2.05) is 0 Å². The molecular weight excluding hydrogens is 734 g/mol. The summed E-state index contributed by atoms with van der Waals surface area (Å²) in [4.78, 5) is 63.5. The van der Waals surface area contributed by atoms with Crippen molar-refractivity contribution in [1.82, 2.24) is 0 Å². The van der Waals surface area contributed by atoms with Crippen molar-refractivity contribution in [2.75, 3.05) is 9.80 Å². The van der Waals surface area contributed by atoms with Crippen LogP contribution in [0.3, 0.4) is 0 Å². The van der Waals surface area contributed by atoms with Crippen LogP contribution >= 0.6 is 34.8 Å². The van der Waals surface area contributed by atoms with Gasteiger partial charge in [-0.1, -0.05) is 29.3 Å². The minimum absolute atomic E-state index is 0.0345. The minimum atomic E-state index is -2.75. The maximum atomic E-state index is 15.2. The van der Waals surface area contributed by atoms with E-state index in [0.29, 0.717) is 5.56 Å². The highest BCUT2D eigenvalue weighted by molar-refractivity contribution is 6.58. The van der Waals surface area contributed by atoms with Crippen LogP contribution in [0.15, 0.2) is 54.1 Å². The number of hydrogen-bond donors (Lipinski definition) is 1. The summed E-state index contributed by atoms with van der Waals surface area (Å²) in [5.74, 6) is -22.6. The molecule has 16 heteroatoms. The number of halogens is 8. The molecule has 3 aromatic carbocycles. The van der Waals surface area contributed by atoms with Crippen LogP contribution in [0.25, 0.3) is 0 Å². The van der Waals surface area contributed by atoms with E-state index in [2.05, 4.69) is 0 Å². The number of phenolic OH excluding ortho intramolecular Hbond substituents is 1. The van der Waals surface area contributed by atoms with Gasteiger partial charge in [0.2, 0.25) is 17.6 Å². The number of carbonyl (C=O) groups excluding carboxylic acids is 5. The van der Waals surface area contributed by atoms with Crippen LogP contribution in [-0.2, 0) is 19.2 Å². The first kappa shape index (κ1) is 34.1. The minimum Gasteiger partial charge on any atom is -0.508 e. The van der Waals surface area contributed by atoms with E-state index < -0.39 is 98.2 Å². The number of allylic oxidation sites excluding steroid dienone is 2. The first-order chi connectivity index (χ1) is 23.5. The number of imide groups is 2. The van der Waals surface area contributed by atoms with Gasteiger partial charge in [0.25, 0.3) is 11.8 Å². The lowest BCUT2D eigenvalue weighted by Gasteiger charge is -2.50. The van der Waals surface area contributed by atoms with Gasteiger partial charge in [-0.2, -0.15) is 0 Å². The molecular formula is C34H20Cl3F5N2O6. The van der Waals surface area contributed by atoms with Crippen molar-refractivity contribution in [1.29, 1.82) is 0 Å². The Kier molecular flexibility index (Phi) is 7.74. The smallest absolute Gasteiger partial charge is 0.258 e. The molecule has 2 aliphatic heterocycles. The van der Waals surface area contributed by atoms with Gasteiger partial charge in [0.15, 0.2) is 38.8 Å². The van der Waals surface area contributed by atoms with Gasteiger partial charge in [0.05, 0.1) is 17.5 Å². The number of anilines is 2. The second-order valence-corrected chi connectivity index (χ2v) is 14.2. The lowest BCUT2D eigenvalue weighted by Crippen LogP contribution is -2.60. The summed E-state index contributed by atoms with van der Waals surface area (Å²) in [5, 5.41) is 9.87. The normalized spacial score (nSPS) is 28.9. The Labute approximate surface area is 294 Å². The van der Waals surface area contributed by atoms with Crippen LogP contribution in [0.4, 0.5) is 33.3 Å². The van der Waals surface area contributed by atoms with E-state index in [9.17, 15) is 42.3 Å². The van der Waals surface area contributed by atoms with Crippen LogP contribution in [-0.4, -0.2) is 44.3 Å². The molecule has 6 atom stereocenters. The second kappa shape index (κ2) is 11.3. The van der Waals surface area contributed by atoms with E-state index in [-0.39, 0.29) is 44.7 Å². The molecule has 3 aromatic rings. The molecule has 2 aliphatic carbocycles. The third kappa shape index (κ3) is 4.32. The SMILES string of the molecule is CC(=O)c1ccc(N2C(=O)[C@H]3[C@H](CC=C4[C@H]3C[C@@]3(Cl)C(=O)N(c5c(F)c(F)c(F)c(F)c5F)C(=O)[C@@]3(Cl)[C@H]4c3ccc(O)cc3Cl)C2=O)cc1. The predicted molar refractivity (Wildman–Crippen MR) is 168 cm³/mol. The van der Waals surface area contributed by atoms with Crippen molar-refractivity contribution in [3.63, 3.8) is 0 Å². The van der Waals surface area contributed by atoms with E-state index in [4.69, 9.17) is 34.8 Å². The number of alkyl halides is 2. The summed E-state index contributed by atoms with van der Waals surface area (Å²) in [6.45, 7) is 1.34. The molecule has 2 saturated heterocycles. The fraction of sp³-hybridized carbons (Fsp3) is 0.265. The lowest BCUT2D eigenvalue weighted by atomic mass is 9.56. The molecule has 4 amide bonds. The van der Waals surface area contributed by atoms with Crippen LogP contribution < -0.4 is 9.80 Å². The predicted octanol–water partition coefficient (Wildman–Crippen LogP) is 6.71. The molecule has 0 radical (unpaired) electrons. The van der Waals surface area contributed by atoms with Gasteiger partial charge in [-0.05, 0) is 67.6 Å². The van der Waals surface area contributed by atoms with Crippen molar-refractivity contribution in [3.05, 3.63) is 99.3 Å². The van der Waals surface area contributed by atoms with E-state index >= 15 is 8.78 Å². The number of phenols is 1. The van der Waals surface area contributed by atoms with E-state index in [0.717, 1.165) is 17.0 Å². The molecule has 3 fully saturated rings. The van der Waals surface area contributed by atoms with Gasteiger partial charge in [-0.3, -0.25) is 28.9 Å². The summed E-state index contributed by atoms with van der Waals surface area (Å²) < 4.78 is 73.1. The Morgan fingerprint density at radius 1 is 0.820 bits per heavy atom. The van der Waals surface area contributed by atoms with Gasteiger partial charge in [0.1, 0.15) is 11.4 Å². The van der Waals surface area contributed by atoms with Crippen LogP contribution in [0, 0.1) is 46.8 Å². The van der Waals surface area contributed by atoms with E-state index in [1.54, 1.807) is 0 Å². The molecule has 1 N–H and O–H groups in total. The van der Waals surface area contributed by atoms with Gasteiger partial charge >= 0.3 is 0 Å². The summed E-state index contributed by atoms with van der Waals surface area (Å²) in [6, 6.07) is 9.15. The molecule has 0 aromatic heterocycles. The number of hydrogen-bond acceptors (Lipinski definition) is 6. The molecule has 7 rings (SSSR count). The van der Waals surface area contributed by atoms with Crippen LogP contribution in [0.2, 0.25) is 5.02 Å². The Morgan fingerprint density at radius 2 is 1.42 bits per heavy atom. The number of aromatic hydroxyl groups is 1. The van der Waals surface area contributed by atoms with E-state index in [1.165, 1.54) is 43.3 Å². The van der Waals surface area contributed by atoms with Crippen molar-refractivity contribution in [2.24, 2.45) is 17.8 Å². The molecule has 8 nitrogen and oxygen atoms in total. The maximum absolute atomic E-state index is 15.2. The standard InChI is InChI=1S/C34H20Cl3F5N2O6/c1-12(45)13-2-4-14(5-3-13)43-29(47)18-9-8-16-19(21(18)30(43)48)11-33(36)31(49)44(28-26(41)24(39)23(38)25(40)27(28)42)32(50)34(33,37)22(16)17-7-6-15(46)10-20(17)35/h2-8,10,18-19,21-22,46H,9,11H2,1H3/t18-,19+,21-,22+,33+,34-/m0/s1. The number of nitrogens with zero attached hydrogens (tertiary/aromatic N) is 2. The molecule has 258 valence electrons. The third-order valence-electron chi connectivity index (χ3n) is 10.0. The molecule has 50 heavy (non-hydrogen) atoms. The zero-order valence-corrected chi connectivity index (χ0v) is 27.5. The Balaban J connectivity index is 1.41. The number of benzene rings is 3. The molecule has 4 aliphatic rings. The number of carbonyl (C=O) groups is 5. The maximum Gasteiger partial charge on any atom is 0.258 e. The number of ketones is 1.